The molecular weight excluding hydrogens is 407 g/mol. The minimum Gasteiger partial charge on any atom is -0.337 e. The van der Waals surface area contributed by atoms with Crippen LogP contribution in [0.25, 0.3) is 5.69 Å². The van der Waals surface area contributed by atoms with Gasteiger partial charge in [-0.2, -0.15) is 9.40 Å². The molecule has 2 heterocycles. The highest BCUT2D eigenvalue weighted by Crippen LogP contribution is 2.19. The Kier molecular flexibility index (Phi) is 5.65. The Morgan fingerprint density at radius 2 is 1.67 bits per heavy atom. The molecule has 0 saturated carbocycles. The van der Waals surface area contributed by atoms with Crippen LogP contribution in [0.15, 0.2) is 71.9 Å². The molecule has 0 unspecified atom stereocenters. The van der Waals surface area contributed by atoms with Crippen LogP contribution in [0.2, 0.25) is 0 Å². The molecule has 0 N–H and O–H groups in total. The third-order valence-electron chi connectivity index (χ3n) is 5.04. The van der Waals surface area contributed by atoms with E-state index in [1.165, 1.54) is 22.6 Å². The molecule has 2 aromatic carbocycles. The maximum Gasteiger partial charge on any atom is 0.257 e. The highest BCUT2D eigenvalue weighted by molar-refractivity contribution is 7.89. The molecule has 3 aromatic rings. The molecule has 156 valence electrons. The molecule has 0 spiro atoms. The topological polar surface area (TPSA) is 75.5 Å². The molecule has 1 aliphatic rings. The summed E-state index contributed by atoms with van der Waals surface area (Å²) >= 11 is 0. The van der Waals surface area contributed by atoms with E-state index >= 15 is 0 Å². The van der Waals surface area contributed by atoms with Gasteiger partial charge in [0, 0.05) is 32.4 Å². The SMILES string of the molecule is O=C(c1cnn(-c2ccccc2)c1)N1CCCN(S(=O)(=O)c2ccc(F)cc2)CC1. The van der Waals surface area contributed by atoms with Crippen LogP contribution in [0.1, 0.15) is 16.8 Å². The molecule has 7 nitrogen and oxygen atoms in total. The van der Waals surface area contributed by atoms with E-state index in [0.29, 0.717) is 25.1 Å². The number of para-hydroxylation sites is 1. The summed E-state index contributed by atoms with van der Waals surface area (Å²) in [4.78, 5) is 14.6. The van der Waals surface area contributed by atoms with Gasteiger partial charge in [0.1, 0.15) is 5.82 Å². The minimum absolute atomic E-state index is 0.0489. The van der Waals surface area contributed by atoms with Gasteiger partial charge in [0.2, 0.25) is 10.0 Å². The molecule has 0 aliphatic carbocycles. The second kappa shape index (κ2) is 8.37. The number of carbonyl (C=O) groups excluding carboxylic acids is 1. The predicted octanol–water partition coefficient (Wildman–Crippen LogP) is 2.55. The lowest BCUT2D eigenvalue weighted by molar-refractivity contribution is 0.0764. The molecule has 4 rings (SSSR count). The monoisotopic (exact) mass is 428 g/mol. The Bertz CT molecular complexity index is 1130. The van der Waals surface area contributed by atoms with Crippen molar-refractivity contribution in [1.82, 2.24) is 19.0 Å². The predicted molar refractivity (Wildman–Crippen MR) is 109 cm³/mol. The first-order chi connectivity index (χ1) is 14.4. The summed E-state index contributed by atoms with van der Waals surface area (Å²) in [6, 6.07) is 14.3. The van der Waals surface area contributed by atoms with Crippen molar-refractivity contribution in [2.75, 3.05) is 26.2 Å². The number of sulfonamides is 1. The number of aromatic nitrogens is 2. The van der Waals surface area contributed by atoms with E-state index < -0.39 is 15.8 Å². The van der Waals surface area contributed by atoms with Crippen LogP contribution in [0.3, 0.4) is 0 Å². The van der Waals surface area contributed by atoms with Crippen LogP contribution in [0, 0.1) is 5.82 Å². The highest BCUT2D eigenvalue weighted by Gasteiger charge is 2.29. The summed E-state index contributed by atoms with van der Waals surface area (Å²) in [5, 5.41) is 4.26. The largest absolute Gasteiger partial charge is 0.337 e. The zero-order chi connectivity index (χ0) is 21.1. The maximum atomic E-state index is 13.1. The van der Waals surface area contributed by atoms with Gasteiger partial charge in [-0.05, 0) is 42.8 Å². The third-order valence-corrected chi connectivity index (χ3v) is 6.96. The molecule has 9 heteroatoms. The van der Waals surface area contributed by atoms with Crippen LogP contribution < -0.4 is 0 Å². The van der Waals surface area contributed by atoms with Gasteiger partial charge in [-0.3, -0.25) is 4.79 Å². The molecule has 1 saturated heterocycles. The van der Waals surface area contributed by atoms with Gasteiger partial charge in [-0.1, -0.05) is 18.2 Å². The van der Waals surface area contributed by atoms with Crippen LogP contribution in [0.5, 0.6) is 0 Å². The smallest absolute Gasteiger partial charge is 0.257 e. The van der Waals surface area contributed by atoms with Gasteiger partial charge in [-0.15, -0.1) is 0 Å². The summed E-state index contributed by atoms with van der Waals surface area (Å²) in [6.07, 6.45) is 3.71. The van der Waals surface area contributed by atoms with Crippen molar-refractivity contribution in [3.63, 3.8) is 0 Å². The van der Waals surface area contributed by atoms with E-state index in [1.807, 2.05) is 30.3 Å². The Labute approximate surface area is 174 Å². The van der Waals surface area contributed by atoms with E-state index in [1.54, 1.807) is 15.8 Å². The average Bonchev–Trinajstić information content (AvgIpc) is 3.11. The van der Waals surface area contributed by atoms with Gasteiger partial charge < -0.3 is 4.90 Å². The summed E-state index contributed by atoms with van der Waals surface area (Å²) in [6.45, 7) is 1.20. The van der Waals surface area contributed by atoms with Crippen molar-refractivity contribution < 1.29 is 17.6 Å². The van der Waals surface area contributed by atoms with E-state index in [4.69, 9.17) is 0 Å². The lowest BCUT2D eigenvalue weighted by atomic mass is 10.3. The Balaban J connectivity index is 1.46. The Morgan fingerprint density at radius 3 is 2.40 bits per heavy atom. The van der Waals surface area contributed by atoms with Crippen molar-refractivity contribution in [3.05, 3.63) is 78.4 Å². The molecule has 1 aromatic heterocycles. The number of hydrogen-bond acceptors (Lipinski definition) is 4. The normalized spacial score (nSPS) is 15.7. The first kappa shape index (κ1) is 20.2. The molecular formula is C21H21FN4O3S. The van der Waals surface area contributed by atoms with Gasteiger partial charge in [-0.25, -0.2) is 17.5 Å². The van der Waals surface area contributed by atoms with Crippen molar-refractivity contribution in [1.29, 1.82) is 0 Å². The molecule has 1 amide bonds. The fourth-order valence-electron chi connectivity index (χ4n) is 3.43. The lowest BCUT2D eigenvalue weighted by Crippen LogP contribution is -2.37. The third kappa shape index (κ3) is 4.12. The Morgan fingerprint density at radius 1 is 0.933 bits per heavy atom. The average molecular weight is 428 g/mol. The summed E-state index contributed by atoms with van der Waals surface area (Å²) < 4.78 is 41.8. The number of hydrogen-bond donors (Lipinski definition) is 0. The zero-order valence-corrected chi connectivity index (χ0v) is 17.0. The summed E-state index contributed by atoms with van der Waals surface area (Å²) in [5.74, 6) is -0.671. The number of amides is 1. The zero-order valence-electron chi connectivity index (χ0n) is 16.2. The van der Waals surface area contributed by atoms with E-state index in [0.717, 1.165) is 17.8 Å². The van der Waals surface area contributed by atoms with Gasteiger partial charge >= 0.3 is 0 Å². The van der Waals surface area contributed by atoms with Crippen LogP contribution >= 0.6 is 0 Å². The van der Waals surface area contributed by atoms with Gasteiger partial charge in [0.15, 0.2) is 0 Å². The van der Waals surface area contributed by atoms with Crippen molar-refractivity contribution >= 4 is 15.9 Å². The quantitative estimate of drug-likeness (QED) is 0.640. The number of rotatable bonds is 4. The highest BCUT2D eigenvalue weighted by atomic mass is 32.2. The van der Waals surface area contributed by atoms with Crippen LogP contribution in [-0.4, -0.2) is 59.5 Å². The number of benzene rings is 2. The first-order valence-electron chi connectivity index (χ1n) is 9.60. The molecule has 0 bridgehead atoms. The molecule has 0 radical (unpaired) electrons. The maximum absolute atomic E-state index is 13.1. The summed E-state index contributed by atoms with van der Waals surface area (Å²) in [5.41, 5.74) is 1.30. The molecule has 0 atom stereocenters. The fourth-order valence-corrected chi connectivity index (χ4v) is 4.90. The second-order valence-corrected chi connectivity index (χ2v) is 8.95. The number of carbonyl (C=O) groups is 1. The molecule has 1 fully saturated rings. The van der Waals surface area contributed by atoms with E-state index in [2.05, 4.69) is 5.10 Å². The van der Waals surface area contributed by atoms with Crippen LogP contribution in [0.4, 0.5) is 4.39 Å². The Hall–Kier alpha value is -3.04. The van der Waals surface area contributed by atoms with E-state index in [9.17, 15) is 17.6 Å². The summed E-state index contributed by atoms with van der Waals surface area (Å²) in [7, 11) is -3.74. The fraction of sp³-hybridized carbons (Fsp3) is 0.238. The number of halogens is 1. The van der Waals surface area contributed by atoms with Crippen molar-refractivity contribution in [2.24, 2.45) is 0 Å². The van der Waals surface area contributed by atoms with Crippen LogP contribution in [-0.2, 0) is 10.0 Å². The molecule has 30 heavy (non-hydrogen) atoms. The molecule has 1 aliphatic heterocycles. The lowest BCUT2D eigenvalue weighted by Gasteiger charge is -2.21. The first-order valence-corrected chi connectivity index (χ1v) is 11.0. The van der Waals surface area contributed by atoms with Crippen molar-refractivity contribution in [3.8, 4) is 5.69 Å². The second-order valence-electron chi connectivity index (χ2n) is 7.01. The van der Waals surface area contributed by atoms with Gasteiger partial charge in [0.05, 0.1) is 22.3 Å². The van der Waals surface area contributed by atoms with Gasteiger partial charge in [0.25, 0.3) is 5.91 Å². The minimum atomic E-state index is -3.74. The van der Waals surface area contributed by atoms with Crippen molar-refractivity contribution in [2.45, 2.75) is 11.3 Å². The van der Waals surface area contributed by atoms with E-state index in [-0.39, 0.29) is 23.9 Å². The standard InChI is InChI=1S/C21H21FN4O3S/c22-18-7-9-20(10-8-18)30(28,29)25-12-4-11-24(13-14-25)21(27)17-15-23-26(16-17)19-5-2-1-3-6-19/h1-3,5-10,15-16H,4,11-14H2. The number of nitrogens with zero attached hydrogens (tertiary/aromatic N) is 4.